The molecule has 2 fully saturated rings. The van der Waals surface area contributed by atoms with Gasteiger partial charge in [0.2, 0.25) is 5.91 Å². The number of hydrogen-bond donors (Lipinski definition) is 2. The fourth-order valence-corrected chi connectivity index (χ4v) is 3.78. The number of rotatable bonds is 5. The highest BCUT2D eigenvalue weighted by atomic mass is 35.5. The summed E-state index contributed by atoms with van der Waals surface area (Å²) in [6.45, 7) is 2.96. The van der Waals surface area contributed by atoms with Gasteiger partial charge in [-0.3, -0.25) is 9.69 Å². The fourth-order valence-electron chi connectivity index (χ4n) is 3.78. The molecule has 1 aliphatic heterocycles. The molecule has 1 aliphatic carbocycles. The van der Waals surface area contributed by atoms with Gasteiger partial charge >= 0.3 is 0 Å². The second-order valence-electron chi connectivity index (χ2n) is 6.68. The Morgan fingerprint density at radius 1 is 1.17 bits per heavy atom. The first-order chi connectivity index (χ1) is 10.7. The summed E-state index contributed by atoms with van der Waals surface area (Å²) < 4.78 is 0. The standard InChI is InChI=1S/C18H27N3O.2ClH/c19-16-9-8-15(12-16)18(22)20-13-17(21-10-4-5-11-21)14-6-2-1-3-7-14;;/h1-3,6-7,15-17H,4-5,8-13,19H2,(H,20,22);2*1H. The molecule has 1 aromatic carbocycles. The second kappa shape index (κ2) is 10.2. The van der Waals surface area contributed by atoms with Crippen LogP contribution in [0.25, 0.3) is 0 Å². The zero-order valence-electron chi connectivity index (χ0n) is 14.0. The lowest BCUT2D eigenvalue weighted by Crippen LogP contribution is -2.39. The molecule has 3 unspecified atom stereocenters. The van der Waals surface area contributed by atoms with Crippen LogP contribution in [-0.2, 0) is 4.79 Å². The van der Waals surface area contributed by atoms with E-state index in [1.54, 1.807) is 0 Å². The predicted octanol–water partition coefficient (Wildman–Crippen LogP) is 2.91. The van der Waals surface area contributed by atoms with Crippen molar-refractivity contribution in [1.82, 2.24) is 10.2 Å². The van der Waals surface area contributed by atoms with Crippen molar-refractivity contribution in [3.63, 3.8) is 0 Å². The molecule has 0 aromatic heterocycles. The minimum Gasteiger partial charge on any atom is -0.354 e. The number of likely N-dealkylation sites (tertiary alicyclic amines) is 1. The summed E-state index contributed by atoms with van der Waals surface area (Å²) in [5.41, 5.74) is 7.22. The van der Waals surface area contributed by atoms with E-state index in [2.05, 4.69) is 34.5 Å². The summed E-state index contributed by atoms with van der Waals surface area (Å²) in [6, 6.07) is 11.0. The second-order valence-corrected chi connectivity index (χ2v) is 6.68. The quantitative estimate of drug-likeness (QED) is 0.833. The molecule has 0 radical (unpaired) electrons. The maximum Gasteiger partial charge on any atom is 0.223 e. The maximum atomic E-state index is 12.4. The van der Waals surface area contributed by atoms with E-state index in [0.717, 1.165) is 32.4 Å². The summed E-state index contributed by atoms with van der Waals surface area (Å²) >= 11 is 0. The molecule has 136 valence electrons. The molecule has 0 spiro atoms. The number of nitrogens with one attached hydrogen (secondary N) is 1. The molecule has 3 rings (SSSR count). The maximum absolute atomic E-state index is 12.4. The number of benzene rings is 1. The minimum absolute atomic E-state index is 0. The summed E-state index contributed by atoms with van der Waals surface area (Å²) in [5.74, 6) is 0.304. The molecule has 3 N–H and O–H groups in total. The van der Waals surface area contributed by atoms with Gasteiger partial charge in [0, 0.05) is 18.5 Å². The summed E-state index contributed by atoms with van der Waals surface area (Å²) in [7, 11) is 0. The molecule has 1 saturated heterocycles. The molecule has 4 nitrogen and oxygen atoms in total. The largest absolute Gasteiger partial charge is 0.354 e. The van der Waals surface area contributed by atoms with Crippen molar-refractivity contribution < 1.29 is 4.79 Å². The summed E-state index contributed by atoms with van der Waals surface area (Å²) in [4.78, 5) is 14.9. The number of halogens is 2. The predicted molar refractivity (Wildman–Crippen MR) is 103 cm³/mol. The molecular formula is C18H29Cl2N3O. The van der Waals surface area contributed by atoms with Gasteiger partial charge in [-0.05, 0) is 50.8 Å². The molecule has 1 heterocycles. The van der Waals surface area contributed by atoms with Gasteiger partial charge < -0.3 is 11.1 Å². The van der Waals surface area contributed by atoms with E-state index in [9.17, 15) is 4.79 Å². The van der Waals surface area contributed by atoms with Crippen LogP contribution in [0.3, 0.4) is 0 Å². The molecule has 0 bridgehead atoms. The first kappa shape index (κ1) is 21.2. The smallest absolute Gasteiger partial charge is 0.223 e. The zero-order valence-corrected chi connectivity index (χ0v) is 15.7. The van der Waals surface area contributed by atoms with Crippen LogP contribution in [0, 0.1) is 5.92 Å². The third-order valence-corrected chi connectivity index (χ3v) is 5.08. The van der Waals surface area contributed by atoms with E-state index in [4.69, 9.17) is 5.73 Å². The van der Waals surface area contributed by atoms with Gasteiger partial charge in [-0.25, -0.2) is 0 Å². The number of carbonyl (C=O) groups is 1. The van der Waals surface area contributed by atoms with E-state index in [1.165, 1.54) is 18.4 Å². The Kier molecular flexibility index (Phi) is 9.06. The SMILES string of the molecule is Cl.Cl.NC1CCC(C(=O)NCC(c2ccccc2)N2CCCC2)C1. The van der Waals surface area contributed by atoms with Crippen molar-refractivity contribution >= 4 is 30.7 Å². The highest BCUT2D eigenvalue weighted by Gasteiger charge is 2.29. The molecule has 1 aromatic rings. The Bertz CT molecular complexity index is 494. The number of amides is 1. The lowest BCUT2D eigenvalue weighted by atomic mass is 10.0. The third kappa shape index (κ3) is 5.35. The van der Waals surface area contributed by atoms with Gasteiger partial charge in [0.05, 0.1) is 6.04 Å². The minimum atomic E-state index is 0. The van der Waals surface area contributed by atoms with Gasteiger partial charge in [-0.2, -0.15) is 0 Å². The lowest BCUT2D eigenvalue weighted by Gasteiger charge is -2.28. The number of nitrogens with zero attached hydrogens (tertiary/aromatic N) is 1. The van der Waals surface area contributed by atoms with Crippen molar-refractivity contribution in [2.45, 2.75) is 44.2 Å². The van der Waals surface area contributed by atoms with Gasteiger partial charge in [-0.15, -0.1) is 24.8 Å². The van der Waals surface area contributed by atoms with Gasteiger partial charge in [0.1, 0.15) is 0 Å². The molecular weight excluding hydrogens is 345 g/mol. The summed E-state index contributed by atoms with van der Waals surface area (Å²) in [6.07, 6.45) is 5.27. The highest BCUT2D eigenvalue weighted by Crippen LogP contribution is 2.26. The summed E-state index contributed by atoms with van der Waals surface area (Å²) in [5, 5.41) is 3.18. The van der Waals surface area contributed by atoms with Crippen LogP contribution in [0.5, 0.6) is 0 Å². The Hall–Kier alpha value is -0.810. The molecule has 6 heteroatoms. The van der Waals surface area contributed by atoms with Crippen LogP contribution in [-0.4, -0.2) is 36.5 Å². The molecule has 24 heavy (non-hydrogen) atoms. The van der Waals surface area contributed by atoms with Crippen molar-refractivity contribution in [2.24, 2.45) is 11.7 Å². The average Bonchev–Trinajstić information content (AvgIpc) is 3.20. The lowest BCUT2D eigenvalue weighted by molar-refractivity contribution is -0.125. The Balaban J connectivity index is 0.00000144. The van der Waals surface area contributed by atoms with Crippen molar-refractivity contribution in [1.29, 1.82) is 0 Å². The average molecular weight is 374 g/mol. The number of nitrogens with two attached hydrogens (primary N) is 1. The van der Waals surface area contributed by atoms with Crippen molar-refractivity contribution in [3.05, 3.63) is 35.9 Å². The normalized spacial score (nSPS) is 24.7. The first-order valence-electron chi connectivity index (χ1n) is 8.56. The van der Waals surface area contributed by atoms with Gasteiger partial charge in [0.15, 0.2) is 0 Å². The van der Waals surface area contributed by atoms with Crippen molar-refractivity contribution in [2.75, 3.05) is 19.6 Å². The number of carbonyl (C=O) groups excluding carboxylic acids is 1. The van der Waals surface area contributed by atoms with Crippen LogP contribution in [0.2, 0.25) is 0 Å². The van der Waals surface area contributed by atoms with E-state index in [-0.39, 0.29) is 42.7 Å². The van der Waals surface area contributed by atoms with E-state index in [0.29, 0.717) is 12.6 Å². The Morgan fingerprint density at radius 2 is 1.83 bits per heavy atom. The molecule has 2 aliphatic rings. The zero-order chi connectivity index (χ0) is 15.4. The monoisotopic (exact) mass is 373 g/mol. The van der Waals surface area contributed by atoms with Gasteiger partial charge in [-0.1, -0.05) is 30.3 Å². The van der Waals surface area contributed by atoms with Gasteiger partial charge in [0.25, 0.3) is 0 Å². The Morgan fingerprint density at radius 3 is 2.42 bits per heavy atom. The fraction of sp³-hybridized carbons (Fsp3) is 0.611. The van der Waals surface area contributed by atoms with Crippen LogP contribution in [0.1, 0.15) is 43.7 Å². The third-order valence-electron chi connectivity index (χ3n) is 5.08. The molecule has 3 atom stereocenters. The van der Waals surface area contributed by atoms with Crippen LogP contribution in [0.4, 0.5) is 0 Å². The van der Waals surface area contributed by atoms with Crippen molar-refractivity contribution in [3.8, 4) is 0 Å². The Labute approximate surface area is 157 Å². The van der Waals surface area contributed by atoms with E-state index in [1.807, 2.05) is 6.07 Å². The van der Waals surface area contributed by atoms with Crippen LogP contribution in [0.15, 0.2) is 30.3 Å². The van der Waals surface area contributed by atoms with E-state index < -0.39 is 0 Å². The van der Waals surface area contributed by atoms with Crippen LogP contribution < -0.4 is 11.1 Å². The molecule has 1 amide bonds. The topological polar surface area (TPSA) is 58.4 Å². The van der Waals surface area contributed by atoms with Crippen LogP contribution >= 0.6 is 24.8 Å². The first-order valence-corrected chi connectivity index (χ1v) is 8.56. The highest BCUT2D eigenvalue weighted by molar-refractivity contribution is 5.85. The number of hydrogen-bond acceptors (Lipinski definition) is 3. The van der Waals surface area contributed by atoms with E-state index >= 15 is 0 Å². The molecule has 1 saturated carbocycles.